The van der Waals surface area contributed by atoms with Crippen LogP contribution in [-0.2, 0) is 16.0 Å². The van der Waals surface area contributed by atoms with E-state index in [2.05, 4.69) is 0 Å². The average molecular weight is 360 g/mol. The van der Waals surface area contributed by atoms with Crippen LogP contribution in [0.25, 0.3) is 0 Å². The number of carbonyl (C=O) groups is 2. The number of nitrogens with zero attached hydrogens (tertiary/aromatic N) is 1. The van der Waals surface area contributed by atoms with Crippen molar-refractivity contribution in [2.45, 2.75) is 19.4 Å². The van der Waals surface area contributed by atoms with Crippen molar-refractivity contribution in [3.05, 3.63) is 58.6 Å². The first kappa shape index (κ1) is 17.3. The third-order valence-electron chi connectivity index (χ3n) is 4.17. The smallest absolute Gasteiger partial charge is 0.342 e. The van der Waals surface area contributed by atoms with E-state index in [0.29, 0.717) is 17.3 Å². The largest absolute Gasteiger partial charge is 0.496 e. The molecule has 1 aliphatic rings. The van der Waals surface area contributed by atoms with Gasteiger partial charge in [0.15, 0.2) is 6.10 Å². The number of ether oxygens (including phenoxy) is 2. The molecule has 0 radical (unpaired) electrons. The Morgan fingerprint density at radius 3 is 2.72 bits per heavy atom. The highest BCUT2D eigenvalue weighted by Gasteiger charge is 2.30. The van der Waals surface area contributed by atoms with Crippen molar-refractivity contribution in [3.8, 4) is 5.75 Å². The third-order valence-corrected chi connectivity index (χ3v) is 4.40. The summed E-state index contributed by atoms with van der Waals surface area (Å²) in [7, 11) is 1.45. The molecule has 1 heterocycles. The molecule has 1 atom stereocenters. The molecule has 0 saturated heterocycles. The van der Waals surface area contributed by atoms with Crippen molar-refractivity contribution in [1.82, 2.24) is 0 Å². The lowest BCUT2D eigenvalue weighted by atomic mass is 10.2. The van der Waals surface area contributed by atoms with Crippen molar-refractivity contribution >= 4 is 29.2 Å². The van der Waals surface area contributed by atoms with Gasteiger partial charge in [0, 0.05) is 17.3 Å². The highest BCUT2D eigenvalue weighted by molar-refractivity contribution is 6.31. The summed E-state index contributed by atoms with van der Waals surface area (Å²) < 4.78 is 10.5. The molecule has 3 rings (SSSR count). The van der Waals surface area contributed by atoms with Crippen molar-refractivity contribution < 1.29 is 19.1 Å². The van der Waals surface area contributed by atoms with E-state index in [1.807, 2.05) is 24.3 Å². The van der Waals surface area contributed by atoms with Gasteiger partial charge in [-0.05, 0) is 43.2 Å². The Morgan fingerprint density at radius 1 is 1.20 bits per heavy atom. The van der Waals surface area contributed by atoms with Gasteiger partial charge in [0.1, 0.15) is 11.3 Å². The number of benzene rings is 2. The van der Waals surface area contributed by atoms with Gasteiger partial charge in [-0.15, -0.1) is 0 Å². The SMILES string of the molecule is COc1ccc(Cl)cc1C(=O)OC(C)C(=O)N1CCc2ccccc21. The summed E-state index contributed by atoms with van der Waals surface area (Å²) >= 11 is 5.94. The first-order chi connectivity index (χ1) is 12.0. The van der Waals surface area contributed by atoms with Crippen molar-refractivity contribution in [3.63, 3.8) is 0 Å². The van der Waals surface area contributed by atoms with E-state index in [1.165, 1.54) is 13.2 Å². The molecule has 0 aliphatic carbocycles. The van der Waals surface area contributed by atoms with E-state index in [1.54, 1.807) is 24.0 Å². The maximum Gasteiger partial charge on any atom is 0.342 e. The number of amides is 1. The van der Waals surface area contributed by atoms with E-state index < -0.39 is 12.1 Å². The predicted molar refractivity (Wildman–Crippen MR) is 95.4 cm³/mol. The number of hydrogen-bond acceptors (Lipinski definition) is 4. The first-order valence-corrected chi connectivity index (χ1v) is 8.33. The molecular formula is C19H18ClNO4. The highest BCUT2D eigenvalue weighted by atomic mass is 35.5. The maximum absolute atomic E-state index is 12.7. The number of fused-ring (bicyclic) bond motifs is 1. The van der Waals surface area contributed by atoms with E-state index in [0.717, 1.165) is 17.7 Å². The topological polar surface area (TPSA) is 55.8 Å². The van der Waals surface area contributed by atoms with Crippen molar-refractivity contribution in [2.75, 3.05) is 18.6 Å². The summed E-state index contributed by atoms with van der Waals surface area (Å²) in [6.45, 7) is 2.15. The minimum Gasteiger partial charge on any atom is -0.496 e. The Bertz CT molecular complexity index is 821. The Hall–Kier alpha value is -2.53. The monoisotopic (exact) mass is 359 g/mol. The molecule has 1 amide bonds. The zero-order chi connectivity index (χ0) is 18.0. The number of esters is 1. The van der Waals surface area contributed by atoms with Crippen LogP contribution in [0.2, 0.25) is 5.02 Å². The standard InChI is InChI=1S/C19H18ClNO4/c1-12(18(22)21-10-9-13-5-3-4-6-16(13)21)25-19(23)15-11-14(20)7-8-17(15)24-2/h3-8,11-12H,9-10H2,1-2H3. The van der Waals surface area contributed by atoms with Gasteiger partial charge in [0.2, 0.25) is 0 Å². The fourth-order valence-electron chi connectivity index (χ4n) is 2.90. The second-order valence-electron chi connectivity index (χ2n) is 5.76. The van der Waals surface area contributed by atoms with Gasteiger partial charge < -0.3 is 14.4 Å². The number of hydrogen-bond donors (Lipinski definition) is 0. The van der Waals surface area contributed by atoms with Gasteiger partial charge >= 0.3 is 5.97 Å². The fraction of sp³-hybridized carbons (Fsp3) is 0.263. The summed E-state index contributed by atoms with van der Waals surface area (Å²) in [4.78, 5) is 26.8. The average Bonchev–Trinajstić information content (AvgIpc) is 3.05. The molecule has 130 valence electrons. The van der Waals surface area contributed by atoms with Crippen LogP contribution >= 0.6 is 11.6 Å². The van der Waals surface area contributed by atoms with Crippen LogP contribution in [0.4, 0.5) is 5.69 Å². The summed E-state index contributed by atoms with van der Waals surface area (Å²) in [5, 5.41) is 0.389. The minimum absolute atomic E-state index is 0.191. The fourth-order valence-corrected chi connectivity index (χ4v) is 3.07. The summed E-state index contributed by atoms with van der Waals surface area (Å²) in [5.74, 6) is -0.549. The number of anilines is 1. The lowest BCUT2D eigenvalue weighted by molar-refractivity contribution is -0.126. The summed E-state index contributed by atoms with van der Waals surface area (Å²) in [5.41, 5.74) is 2.18. The molecule has 0 aromatic heterocycles. The Balaban J connectivity index is 1.74. The second-order valence-corrected chi connectivity index (χ2v) is 6.20. The van der Waals surface area contributed by atoms with Crippen LogP contribution in [0.15, 0.2) is 42.5 Å². The molecule has 25 heavy (non-hydrogen) atoms. The molecule has 2 aromatic rings. The normalized spacial score (nSPS) is 14.0. The lowest BCUT2D eigenvalue weighted by Gasteiger charge is -2.22. The van der Waals surface area contributed by atoms with Crippen LogP contribution in [0, 0.1) is 0 Å². The molecule has 1 unspecified atom stereocenters. The van der Waals surface area contributed by atoms with Crippen LogP contribution in [-0.4, -0.2) is 31.6 Å². The third kappa shape index (κ3) is 3.46. The van der Waals surface area contributed by atoms with E-state index in [9.17, 15) is 9.59 Å². The van der Waals surface area contributed by atoms with Gasteiger partial charge in [-0.25, -0.2) is 4.79 Å². The van der Waals surface area contributed by atoms with E-state index >= 15 is 0 Å². The Morgan fingerprint density at radius 2 is 1.96 bits per heavy atom. The van der Waals surface area contributed by atoms with Crippen LogP contribution in [0.5, 0.6) is 5.75 Å². The van der Waals surface area contributed by atoms with Gasteiger partial charge in [-0.3, -0.25) is 4.79 Å². The number of methoxy groups -OCH3 is 1. The van der Waals surface area contributed by atoms with Gasteiger partial charge in [0.25, 0.3) is 5.91 Å². The van der Waals surface area contributed by atoms with E-state index in [-0.39, 0.29) is 11.5 Å². The van der Waals surface area contributed by atoms with Crippen molar-refractivity contribution in [1.29, 1.82) is 0 Å². The summed E-state index contributed by atoms with van der Waals surface area (Å²) in [6.07, 6.45) is -0.118. The second kappa shape index (κ2) is 7.15. The number of carbonyl (C=O) groups excluding carboxylic acids is 2. The number of halogens is 1. The Labute approximate surface area is 151 Å². The number of rotatable bonds is 4. The molecule has 0 bridgehead atoms. The zero-order valence-electron chi connectivity index (χ0n) is 14.0. The molecule has 5 nitrogen and oxygen atoms in total. The van der Waals surface area contributed by atoms with Crippen LogP contribution in [0.3, 0.4) is 0 Å². The number of para-hydroxylation sites is 1. The van der Waals surface area contributed by atoms with E-state index in [4.69, 9.17) is 21.1 Å². The van der Waals surface area contributed by atoms with Gasteiger partial charge in [-0.2, -0.15) is 0 Å². The van der Waals surface area contributed by atoms with Crippen molar-refractivity contribution in [2.24, 2.45) is 0 Å². The predicted octanol–water partition coefficient (Wildman–Crippen LogP) is 3.48. The zero-order valence-corrected chi connectivity index (χ0v) is 14.7. The maximum atomic E-state index is 12.7. The highest BCUT2D eigenvalue weighted by Crippen LogP contribution is 2.29. The quantitative estimate of drug-likeness (QED) is 0.784. The molecule has 0 saturated carbocycles. The Kier molecular flexibility index (Phi) is 4.95. The lowest BCUT2D eigenvalue weighted by Crippen LogP contribution is -2.39. The van der Waals surface area contributed by atoms with Crippen LogP contribution in [0.1, 0.15) is 22.8 Å². The van der Waals surface area contributed by atoms with Gasteiger partial charge in [0.05, 0.1) is 7.11 Å². The molecule has 0 fully saturated rings. The first-order valence-electron chi connectivity index (χ1n) is 7.95. The molecule has 0 spiro atoms. The summed E-state index contributed by atoms with van der Waals surface area (Å²) in [6, 6.07) is 12.4. The minimum atomic E-state index is -0.914. The molecular weight excluding hydrogens is 342 g/mol. The molecule has 2 aromatic carbocycles. The molecule has 0 N–H and O–H groups in total. The van der Waals surface area contributed by atoms with Gasteiger partial charge in [-0.1, -0.05) is 29.8 Å². The molecule has 6 heteroatoms. The van der Waals surface area contributed by atoms with Crippen LogP contribution < -0.4 is 9.64 Å². The molecule has 1 aliphatic heterocycles.